The van der Waals surface area contributed by atoms with Gasteiger partial charge in [0.2, 0.25) is 0 Å². The van der Waals surface area contributed by atoms with Crippen molar-refractivity contribution in [2.24, 2.45) is 4.99 Å². The summed E-state index contributed by atoms with van der Waals surface area (Å²) in [7, 11) is 1.79. The summed E-state index contributed by atoms with van der Waals surface area (Å²) in [6, 6.07) is 4.36. The molecule has 100 valence electrons. The smallest absolute Gasteiger partial charge is 0.195 e. The van der Waals surface area contributed by atoms with E-state index in [0.717, 1.165) is 11.6 Å². The Morgan fingerprint density at radius 3 is 1.94 bits per heavy atom. The Hall–Kier alpha value is -1.51. The van der Waals surface area contributed by atoms with Crippen molar-refractivity contribution in [3.05, 3.63) is 28.8 Å². The van der Waals surface area contributed by atoms with Crippen molar-refractivity contribution in [1.29, 1.82) is 0 Å². The van der Waals surface area contributed by atoms with Gasteiger partial charge in [0, 0.05) is 18.3 Å². The summed E-state index contributed by atoms with van der Waals surface area (Å²) in [5.41, 5.74) is 4.90. The van der Waals surface area contributed by atoms with E-state index in [0.29, 0.717) is 0 Å². The molecular formula is C15H25N3. The summed E-state index contributed by atoms with van der Waals surface area (Å²) in [5.74, 6) is 0.803. The molecule has 0 radical (unpaired) electrons. The minimum absolute atomic E-state index is 0.00561. The number of rotatable bonds is 1. The first-order valence-electron chi connectivity index (χ1n) is 6.33. The highest BCUT2D eigenvalue weighted by molar-refractivity contribution is 5.95. The van der Waals surface area contributed by atoms with E-state index in [1.165, 1.54) is 16.7 Å². The van der Waals surface area contributed by atoms with Crippen molar-refractivity contribution in [3.8, 4) is 0 Å². The van der Waals surface area contributed by atoms with Gasteiger partial charge in [0.25, 0.3) is 0 Å². The highest BCUT2D eigenvalue weighted by Gasteiger charge is 2.13. The second-order valence-electron chi connectivity index (χ2n) is 5.85. The monoisotopic (exact) mass is 247 g/mol. The van der Waals surface area contributed by atoms with E-state index in [2.05, 4.69) is 69.3 Å². The van der Waals surface area contributed by atoms with Gasteiger partial charge in [-0.25, -0.2) is 0 Å². The molecule has 1 aromatic rings. The number of anilines is 1. The Kier molecular flexibility index (Phi) is 4.38. The molecule has 0 spiro atoms. The number of nitrogens with one attached hydrogen (secondary N) is 2. The molecule has 0 saturated heterocycles. The summed E-state index contributed by atoms with van der Waals surface area (Å²) >= 11 is 0. The van der Waals surface area contributed by atoms with Crippen LogP contribution >= 0.6 is 0 Å². The summed E-state index contributed by atoms with van der Waals surface area (Å²) in [5, 5.41) is 6.75. The van der Waals surface area contributed by atoms with E-state index in [1.807, 2.05) is 0 Å². The van der Waals surface area contributed by atoms with Gasteiger partial charge >= 0.3 is 0 Å². The van der Waals surface area contributed by atoms with Crippen LogP contribution < -0.4 is 10.6 Å². The second kappa shape index (κ2) is 5.42. The number of guanidine groups is 1. The Labute approximate surface area is 111 Å². The van der Waals surface area contributed by atoms with E-state index in [9.17, 15) is 0 Å². The van der Waals surface area contributed by atoms with E-state index < -0.39 is 0 Å². The van der Waals surface area contributed by atoms with Crippen LogP contribution in [0.5, 0.6) is 0 Å². The molecule has 0 heterocycles. The van der Waals surface area contributed by atoms with Crippen molar-refractivity contribution in [3.63, 3.8) is 0 Å². The van der Waals surface area contributed by atoms with Crippen LogP contribution in [0.25, 0.3) is 0 Å². The zero-order valence-corrected chi connectivity index (χ0v) is 12.6. The lowest BCUT2D eigenvalue weighted by Gasteiger charge is -2.25. The maximum Gasteiger partial charge on any atom is 0.195 e. The Balaban J connectivity index is 2.97. The fraction of sp³-hybridized carbons (Fsp3) is 0.533. The number of nitrogens with zero attached hydrogens (tertiary/aromatic N) is 1. The molecular weight excluding hydrogens is 222 g/mol. The van der Waals surface area contributed by atoms with Crippen LogP contribution in [0, 0.1) is 20.8 Å². The van der Waals surface area contributed by atoms with Gasteiger partial charge in [0.15, 0.2) is 5.96 Å². The Morgan fingerprint density at radius 1 is 1.06 bits per heavy atom. The minimum atomic E-state index is -0.00561. The number of hydrogen-bond donors (Lipinski definition) is 2. The largest absolute Gasteiger partial charge is 0.352 e. The fourth-order valence-electron chi connectivity index (χ4n) is 1.99. The average molecular weight is 247 g/mol. The van der Waals surface area contributed by atoms with Crippen molar-refractivity contribution in [2.45, 2.75) is 47.1 Å². The van der Waals surface area contributed by atoms with Gasteiger partial charge in [-0.3, -0.25) is 4.99 Å². The Bertz CT molecular complexity index is 430. The lowest BCUT2D eigenvalue weighted by molar-refractivity contribution is 0.511. The van der Waals surface area contributed by atoms with E-state index >= 15 is 0 Å². The zero-order valence-electron chi connectivity index (χ0n) is 12.6. The third kappa shape index (κ3) is 4.06. The summed E-state index contributed by atoms with van der Waals surface area (Å²) in [6.45, 7) is 12.7. The molecule has 0 aliphatic carbocycles. The van der Waals surface area contributed by atoms with E-state index in [1.54, 1.807) is 7.05 Å². The SMILES string of the molecule is CN=C(Nc1c(C)cc(C)cc1C)NC(C)(C)C. The molecule has 18 heavy (non-hydrogen) atoms. The standard InChI is InChI=1S/C15H25N3/c1-10-8-11(2)13(12(3)9-10)17-14(16-7)18-15(4,5)6/h8-9H,1-7H3,(H2,16,17,18). The molecule has 0 aliphatic rings. The van der Waals surface area contributed by atoms with Gasteiger partial charge < -0.3 is 10.6 Å². The predicted molar refractivity (Wildman–Crippen MR) is 80.5 cm³/mol. The van der Waals surface area contributed by atoms with Crippen LogP contribution in [0.3, 0.4) is 0 Å². The van der Waals surface area contributed by atoms with Gasteiger partial charge in [-0.1, -0.05) is 17.7 Å². The van der Waals surface area contributed by atoms with Crippen LogP contribution in [0.1, 0.15) is 37.5 Å². The first-order valence-corrected chi connectivity index (χ1v) is 6.33. The number of aliphatic imine (C=N–C) groups is 1. The molecule has 0 aromatic heterocycles. The molecule has 2 N–H and O–H groups in total. The molecule has 3 heteroatoms. The zero-order chi connectivity index (χ0) is 13.9. The van der Waals surface area contributed by atoms with Gasteiger partial charge in [0.1, 0.15) is 0 Å². The molecule has 0 saturated carbocycles. The second-order valence-corrected chi connectivity index (χ2v) is 5.85. The highest BCUT2D eigenvalue weighted by Crippen LogP contribution is 2.21. The van der Waals surface area contributed by atoms with Crippen LogP contribution in [0.2, 0.25) is 0 Å². The van der Waals surface area contributed by atoms with Crippen molar-refractivity contribution in [1.82, 2.24) is 5.32 Å². The maximum atomic E-state index is 4.27. The quantitative estimate of drug-likeness (QED) is 0.589. The molecule has 0 atom stereocenters. The lowest BCUT2D eigenvalue weighted by Crippen LogP contribution is -2.44. The molecule has 3 nitrogen and oxygen atoms in total. The van der Waals surface area contributed by atoms with Crippen molar-refractivity contribution >= 4 is 11.6 Å². The molecule has 0 fully saturated rings. The van der Waals surface area contributed by atoms with E-state index in [-0.39, 0.29) is 5.54 Å². The van der Waals surface area contributed by atoms with E-state index in [4.69, 9.17) is 0 Å². The Morgan fingerprint density at radius 2 is 1.56 bits per heavy atom. The van der Waals surface area contributed by atoms with Gasteiger partial charge in [-0.15, -0.1) is 0 Å². The highest BCUT2D eigenvalue weighted by atomic mass is 15.2. The van der Waals surface area contributed by atoms with Gasteiger partial charge in [-0.2, -0.15) is 0 Å². The maximum absolute atomic E-state index is 4.27. The van der Waals surface area contributed by atoms with Gasteiger partial charge in [-0.05, 0) is 52.7 Å². The lowest BCUT2D eigenvalue weighted by atomic mass is 10.1. The molecule has 0 amide bonds. The number of aryl methyl sites for hydroxylation is 3. The van der Waals surface area contributed by atoms with Gasteiger partial charge in [0.05, 0.1) is 0 Å². The first-order chi connectivity index (χ1) is 8.23. The topological polar surface area (TPSA) is 36.4 Å². The average Bonchev–Trinajstić information content (AvgIpc) is 2.19. The van der Waals surface area contributed by atoms with Crippen LogP contribution in [-0.4, -0.2) is 18.5 Å². The summed E-state index contributed by atoms with van der Waals surface area (Å²) in [6.07, 6.45) is 0. The predicted octanol–water partition coefficient (Wildman–Crippen LogP) is 3.40. The summed E-state index contributed by atoms with van der Waals surface area (Å²) in [4.78, 5) is 4.27. The molecule has 0 bridgehead atoms. The number of benzene rings is 1. The first kappa shape index (κ1) is 14.6. The summed E-state index contributed by atoms with van der Waals surface area (Å²) < 4.78 is 0. The molecule has 0 aliphatic heterocycles. The van der Waals surface area contributed by atoms with Crippen LogP contribution in [0.15, 0.2) is 17.1 Å². The number of hydrogen-bond acceptors (Lipinski definition) is 1. The van der Waals surface area contributed by atoms with Crippen molar-refractivity contribution < 1.29 is 0 Å². The third-order valence-electron chi connectivity index (χ3n) is 2.64. The van der Waals surface area contributed by atoms with Crippen molar-refractivity contribution in [2.75, 3.05) is 12.4 Å². The third-order valence-corrected chi connectivity index (χ3v) is 2.64. The van der Waals surface area contributed by atoms with Crippen LogP contribution in [0.4, 0.5) is 5.69 Å². The molecule has 0 unspecified atom stereocenters. The normalized spacial score (nSPS) is 12.5. The van der Waals surface area contributed by atoms with Crippen LogP contribution in [-0.2, 0) is 0 Å². The molecule has 1 rings (SSSR count). The fourth-order valence-corrected chi connectivity index (χ4v) is 1.99. The minimum Gasteiger partial charge on any atom is -0.352 e. The molecule has 1 aromatic carbocycles.